The van der Waals surface area contributed by atoms with Gasteiger partial charge < -0.3 is 5.73 Å². The minimum atomic E-state index is -4.58. The maximum Gasteiger partial charge on any atom is 0.433 e. The summed E-state index contributed by atoms with van der Waals surface area (Å²) in [5.41, 5.74) is 9.05. The predicted molar refractivity (Wildman–Crippen MR) is 144 cm³/mol. The van der Waals surface area contributed by atoms with E-state index in [1.165, 1.54) is 17.7 Å². The van der Waals surface area contributed by atoms with Crippen LogP contribution in [0.4, 0.5) is 13.2 Å². The number of nitrogens with two attached hydrogens (primary N) is 1. The molecule has 0 saturated heterocycles. The highest BCUT2D eigenvalue weighted by molar-refractivity contribution is 6.30. The lowest BCUT2D eigenvalue weighted by molar-refractivity contribution is -0.141. The summed E-state index contributed by atoms with van der Waals surface area (Å²) in [4.78, 5) is 18.1. The first-order valence-corrected chi connectivity index (χ1v) is 12.5. The molecule has 0 aliphatic heterocycles. The first-order chi connectivity index (χ1) is 18.5. The number of benzene rings is 2. The van der Waals surface area contributed by atoms with Crippen molar-refractivity contribution in [2.75, 3.05) is 0 Å². The molecule has 11 heteroatoms. The Morgan fingerprint density at radius 1 is 0.923 bits per heavy atom. The molecule has 5 rings (SSSR count). The lowest BCUT2D eigenvalue weighted by atomic mass is 9.96. The van der Waals surface area contributed by atoms with Crippen molar-refractivity contribution in [3.05, 3.63) is 104 Å². The van der Waals surface area contributed by atoms with Crippen LogP contribution in [0.5, 0.6) is 0 Å². The number of hydrogen-bond acceptors (Lipinski definition) is 5. The molecule has 1 atom stereocenters. The van der Waals surface area contributed by atoms with Crippen molar-refractivity contribution >= 4 is 17.2 Å². The van der Waals surface area contributed by atoms with Gasteiger partial charge in [-0.2, -0.15) is 13.2 Å². The van der Waals surface area contributed by atoms with Gasteiger partial charge in [0.15, 0.2) is 11.5 Å². The Morgan fingerprint density at radius 3 is 2.13 bits per heavy atom. The third kappa shape index (κ3) is 4.93. The minimum absolute atomic E-state index is 0.0795. The van der Waals surface area contributed by atoms with Crippen molar-refractivity contribution < 1.29 is 13.2 Å². The zero-order valence-corrected chi connectivity index (χ0v) is 22.0. The average Bonchev–Trinajstić information content (AvgIpc) is 3.32. The van der Waals surface area contributed by atoms with E-state index in [1.54, 1.807) is 35.7 Å². The van der Waals surface area contributed by atoms with Crippen LogP contribution < -0.4 is 11.3 Å². The van der Waals surface area contributed by atoms with Crippen LogP contribution in [0.2, 0.25) is 5.02 Å². The van der Waals surface area contributed by atoms with Crippen LogP contribution in [0.1, 0.15) is 41.3 Å². The van der Waals surface area contributed by atoms with E-state index in [1.807, 2.05) is 31.2 Å². The third-order valence-electron chi connectivity index (χ3n) is 6.51. The quantitative estimate of drug-likeness (QED) is 0.290. The molecule has 3 heterocycles. The Hall–Kier alpha value is -4.02. The summed E-state index contributed by atoms with van der Waals surface area (Å²) in [7, 11) is 0. The number of rotatable bonds is 5. The lowest BCUT2D eigenvalue weighted by Crippen LogP contribution is -2.31. The first kappa shape index (κ1) is 26.6. The second kappa shape index (κ2) is 9.94. The Kier molecular flexibility index (Phi) is 6.77. The standard InChI is InChI=1S/C28H24ClF3N6O/c1-15-4-6-19(7-5-15)24-23(18-8-11-21(29)12-9-18)26-36-35-25(16(2)33)38(26)37(27(24)39)14-20-10-13-22(28(30,31)32)34-17(20)3/h4-13,16H,14,33H2,1-3H3. The van der Waals surface area contributed by atoms with Gasteiger partial charge in [0.25, 0.3) is 5.56 Å². The predicted octanol–water partition coefficient (Wildman–Crippen LogP) is 5.98. The summed E-state index contributed by atoms with van der Waals surface area (Å²) in [6.07, 6.45) is -4.58. The van der Waals surface area contributed by atoms with Crippen LogP contribution in [0, 0.1) is 13.8 Å². The van der Waals surface area contributed by atoms with Crippen LogP contribution in [-0.4, -0.2) is 24.4 Å². The normalized spacial score (nSPS) is 12.7. The van der Waals surface area contributed by atoms with E-state index in [4.69, 9.17) is 17.3 Å². The van der Waals surface area contributed by atoms with Gasteiger partial charge in [-0.3, -0.25) is 4.79 Å². The van der Waals surface area contributed by atoms with E-state index < -0.39 is 23.5 Å². The molecule has 0 aliphatic rings. The molecular weight excluding hydrogens is 529 g/mol. The van der Waals surface area contributed by atoms with E-state index in [0.717, 1.165) is 11.6 Å². The topological polar surface area (TPSA) is 91.1 Å². The van der Waals surface area contributed by atoms with Gasteiger partial charge in [0, 0.05) is 16.3 Å². The highest BCUT2D eigenvalue weighted by Crippen LogP contribution is 2.34. The highest BCUT2D eigenvalue weighted by atomic mass is 35.5. The molecule has 0 saturated carbocycles. The van der Waals surface area contributed by atoms with Crippen LogP contribution >= 0.6 is 11.6 Å². The van der Waals surface area contributed by atoms with E-state index in [9.17, 15) is 18.0 Å². The summed E-state index contributed by atoms with van der Waals surface area (Å²) < 4.78 is 42.7. The molecule has 0 amide bonds. The summed E-state index contributed by atoms with van der Waals surface area (Å²) in [6, 6.07) is 16.2. The van der Waals surface area contributed by atoms with Crippen molar-refractivity contribution in [2.45, 2.75) is 39.5 Å². The van der Waals surface area contributed by atoms with Gasteiger partial charge >= 0.3 is 6.18 Å². The van der Waals surface area contributed by atoms with Gasteiger partial charge in [0.05, 0.1) is 18.2 Å². The van der Waals surface area contributed by atoms with Gasteiger partial charge in [0.1, 0.15) is 5.69 Å². The first-order valence-electron chi connectivity index (χ1n) is 12.1. The molecule has 0 aliphatic carbocycles. The van der Waals surface area contributed by atoms with E-state index in [0.29, 0.717) is 44.3 Å². The minimum Gasteiger partial charge on any atom is -0.321 e. The van der Waals surface area contributed by atoms with Crippen LogP contribution in [0.3, 0.4) is 0 Å². The van der Waals surface area contributed by atoms with Crippen LogP contribution in [0.15, 0.2) is 65.5 Å². The van der Waals surface area contributed by atoms with Gasteiger partial charge in [-0.05, 0) is 55.7 Å². The molecule has 0 fully saturated rings. The van der Waals surface area contributed by atoms with Crippen molar-refractivity contribution in [2.24, 2.45) is 5.73 Å². The zero-order chi connectivity index (χ0) is 28.1. The molecule has 2 N–H and O–H groups in total. The Bertz CT molecular complexity index is 1740. The summed E-state index contributed by atoms with van der Waals surface area (Å²) in [6.45, 7) is 5.06. The van der Waals surface area contributed by atoms with E-state index in [-0.39, 0.29) is 12.2 Å². The number of nitrogens with zero attached hydrogens (tertiary/aromatic N) is 5. The molecule has 1 unspecified atom stereocenters. The molecule has 2 aromatic carbocycles. The molecule has 0 radical (unpaired) electrons. The second-order valence-electron chi connectivity index (χ2n) is 9.41. The number of hydrogen-bond donors (Lipinski definition) is 1. The Morgan fingerprint density at radius 2 is 1.54 bits per heavy atom. The molecule has 7 nitrogen and oxygen atoms in total. The molecule has 200 valence electrons. The fourth-order valence-electron chi connectivity index (χ4n) is 4.51. The molecule has 5 aromatic rings. The summed E-state index contributed by atoms with van der Waals surface area (Å²) in [5, 5.41) is 9.26. The van der Waals surface area contributed by atoms with Crippen LogP contribution in [0.25, 0.3) is 27.9 Å². The zero-order valence-electron chi connectivity index (χ0n) is 21.3. The lowest BCUT2D eigenvalue weighted by Gasteiger charge is -2.19. The van der Waals surface area contributed by atoms with E-state index in [2.05, 4.69) is 15.2 Å². The molecule has 3 aromatic heterocycles. The summed E-state index contributed by atoms with van der Waals surface area (Å²) >= 11 is 6.15. The van der Waals surface area contributed by atoms with Gasteiger partial charge in [-0.25, -0.2) is 14.2 Å². The Labute approximate surface area is 226 Å². The molecule has 0 bridgehead atoms. The maximum atomic E-state index is 14.4. The summed E-state index contributed by atoms with van der Waals surface area (Å²) in [5.74, 6) is 0.324. The fourth-order valence-corrected chi connectivity index (χ4v) is 4.63. The van der Waals surface area contributed by atoms with Gasteiger partial charge in [0.2, 0.25) is 0 Å². The SMILES string of the molecule is Cc1ccc(-c2c(-c3ccc(Cl)cc3)c3nnc(C(C)N)n3n(Cc3ccc(C(F)(F)F)nc3C)c2=O)cc1. The number of alkyl halides is 3. The third-order valence-corrected chi connectivity index (χ3v) is 6.77. The number of aryl methyl sites for hydroxylation is 2. The largest absolute Gasteiger partial charge is 0.433 e. The highest BCUT2D eigenvalue weighted by Gasteiger charge is 2.33. The van der Waals surface area contributed by atoms with Crippen LogP contribution in [-0.2, 0) is 12.7 Å². The number of fused-ring (bicyclic) bond motifs is 1. The number of halogens is 4. The molecular formula is C28H24ClF3N6O. The molecule has 39 heavy (non-hydrogen) atoms. The Balaban J connectivity index is 1.85. The monoisotopic (exact) mass is 552 g/mol. The molecule has 0 spiro atoms. The van der Waals surface area contributed by atoms with Crippen molar-refractivity contribution in [3.8, 4) is 22.3 Å². The van der Waals surface area contributed by atoms with E-state index >= 15 is 0 Å². The second-order valence-corrected chi connectivity index (χ2v) is 9.84. The van der Waals surface area contributed by atoms with Crippen molar-refractivity contribution in [1.29, 1.82) is 0 Å². The van der Waals surface area contributed by atoms with Crippen molar-refractivity contribution in [1.82, 2.24) is 24.4 Å². The van der Waals surface area contributed by atoms with Crippen molar-refractivity contribution in [3.63, 3.8) is 0 Å². The number of aromatic nitrogens is 5. The van der Waals surface area contributed by atoms with Gasteiger partial charge in [-0.15, -0.1) is 10.2 Å². The average molecular weight is 553 g/mol. The van der Waals surface area contributed by atoms with Gasteiger partial charge in [-0.1, -0.05) is 59.6 Å². The smallest absolute Gasteiger partial charge is 0.321 e. The fraction of sp³-hybridized carbons (Fsp3) is 0.214. The maximum absolute atomic E-state index is 14.4. The number of pyridine rings is 1.